The van der Waals surface area contributed by atoms with Gasteiger partial charge < -0.3 is 4.57 Å². The molecule has 3 nitrogen and oxygen atoms in total. The van der Waals surface area contributed by atoms with Gasteiger partial charge in [-0.1, -0.05) is 56.4 Å². The number of carbonyl (C=O) groups excluding carboxylic acids is 1. The number of aryl methyl sites for hydroxylation is 1. The van der Waals surface area contributed by atoms with E-state index in [1.807, 2.05) is 18.2 Å². The van der Waals surface area contributed by atoms with Crippen molar-refractivity contribution in [1.29, 1.82) is 0 Å². The van der Waals surface area contributed by atoms with Crippen LogP contribution in [0.1, 0.15) is 49.0 Å². The van der Waals surface area contributed by atoms with Crippen LogP contribution < -0.4 is 4.80 Å². The zero-order chi connectivity index (χ0) is 17.1. The van der Waals surface area contributed by atoms with E-state index < -0.39 is 0 Å². The average Bonchev–Trinajstić information content (AvgIpc) is 2.92. The summed E-state index contributed by atoms with van der Waals surface area (Å²) in [6.07, 6.45) is 1.00. The van der Waals surface area contributed by atoms with Crippen molar-refractivity contribution in [2.45, 2.75) is 39.7 Å². The maximum Gasteiger partial charge on any atom is 0.279 e. The summed E-state index contributed by atoms with van der Waals surface area (Å²) in [4.78, 5) is 17.6. The first-order valence-electron chi connectivity index (χ1n) is 8.37. The normalized spacial score (nSPS) is 12.2. The fourth-order valence-corrected chi connectivity index (χ4v) is 3.81. The number of nitrogens with zero attached hydrogens (tertiary/aromatic N) is 2. The molecule has 0 aliphatic heterocycles. The van der Waals surface area contributed by atoms with Crippen LogP contribution in [0.2, 0.25) is 0 Å². The van der Waals surface area contributed by atoms with Gasteiger partial charge in [-0.2, -0.15) is 4.99 Å². The number of thiazole rings is 1. The van der Waals surface area contributed by atoms with Crippen LogP contribution in [0.3, 0.4) is 0 Å². The second-order valence-corrected chi connectivity index (χ2v) is 7.21. The smallest absolute Gasteiger partial charge is 0.279 e. The first kappa shape index (κ1) is 16.7. The zero-order valence-electron chi connectivity index (χ0n) is 14.3. The molecule has 124 valence electrons. The van der Waals surface area contributed by atoms with Crippen molar-refractivity contribution >= 4 is 27.5 Å². The fraction of sp³-hybridized carbons (Fsp3) is 0.300. The predicted octanol–water partition coefficient (Wildman–Crippen LogP) is 4.98. The molecule has 4 heteroatoms. The van der Waals surface area contributed by atoms with Crippen LogP contribution in [0.5, 0.6) is 0 Å². The molecule has 0 radical (unpaired) electrons. The third-order valence-corrected chi connectivity index (χ3v) is 5.08. The number of carbonyl (C=O) groups is 1. The SMILES string of the molecule is CCCn1c(=NC(=O)c2ccccc2)sc2cc(C(C)C)ccc21. The molecule has 2 aromatic carbocycles. The molecule has 1 amide bonds. The molecule has 0 saturated heterocycles. The van der Waals surface area contributed by atoms with Crippen LogP contribution in [0.4, 0.5) is 0 Å². The van der Waals surface area contributed by atoms with Crippen molar-refractivity contribution in [3.63, 3.8) is 0 Å². The molecule has 24 heavy (non-hydrogen) atoms. The van der Waals surface area contributed by atoms with Crippen LogP contribution in [0.15, 0.2) is 53.5 Å². The van der Waals surface area contributed by atoms with Crippen molar-refractivity contribution in [3.8, 4) is 0 Å². The van der Waals surface area contributed by atoms with E-state index in [4.69, 9.17) is 0 Å². The summed E-state index contributed by atoms with van der Waals surface area (Å²) in [6.45, 7) is 7.39. The van der Waals surface area contributed by atoms with E-state index >= 15 is 0 Å². The van der Waals surface area contributed by atoms with Gasteiger partial charge in [0.25, 0.3) is 5.91 Å². The molecule has 1 heterocycles. The van der Waals surface area contributed by atoms with Gasteiger partial charge in [-0.3, -0.25) is 4.79 Å². The standard InChI is InChI=1S/C20H22N2OS/c1-4-12-22-17-11-10-16(14(2)3)13-18(17)24-20(22)21-19(23)15-8-6-5-7-9-15/h5-11,13-14H,4,12H2,1-3H3. The van der Waals surface area contributed by atoms with Gasteiger partial charge in [0.05, 0.1) is 10.2 Å². The zero-order valence-corrected chi connectivity index (χ0v) is 15.1. The minimum absolute atomic E-state index is 0.184. The van der Waals surface area contributed by atoms with Gasteiger partial charge in [0.15, 0.2) is 4.80 Å². The second-order valence-electron chi connectivity index (χ2n) is 6.20. The molecule has 0 aliphatic rings. The number of fused-ring (bicyclic) bond motifs is 1. The van der Waals surface area contributed by atoms with E-state index in [1.54, 1.807) is 23.5 Å². The van der Waals surface area contributed by atoms with E-state index in [9.17, 15) is 4.79 Å². The van der Waals surface area contributed by atoms with Crippen LogP contribution in [0.25, 0.3) is 10.2 Å². The third-order valence-electron chi connectivity index (χ3n) is 4.04. The monoisotopic (exact) mass is 338 g/mol. The van der Waals surface area contributed by atoms with Gasteiger partial charge in [-0.05, 0) is 42.2 Å². The maximum absolute atomic E-state index is 12.4. The Hall–Kier alpha value is -2.20. The molecular weight excluding hydrogens is 316 g/mol. The summed E-state index contributed by atoms with van der Waals surface area (Å²) in [6, 6.07) is 15.8. The number of rotatable bonds is 4. The number of benzene rings is 2. The highest BCUT2D eigenvalue weighted by atomic mass is 32.1. The van der Waals surface area contributed by atoms with Crippen molar-refractivity contribution < 1.29 is 4.79 Å². The first-order valence-corrected chi connectivity index (χ1v) is 9.19. The molecule has 0 unspecified atom stereocenters. The third kappa shape index (κ3) is 3.34. The van der Waals surface area contributed by atoms with Gasteiger partial charge >= 0.3 is 0 Å². The topological polar surface area (TPSA) is 34.4 Å². The van der Waals surface area contributed by atoms with Crippen molar-refractivity contribution in [2.24, 2.45) is 4.99 Å². The van der Waals surface area contributed by atoms with Crippen LogP contribution in [-0.4, -0.2) is 10.5 Å². The Morgan fingerprint density at radius 2 is 1.92 bits per heavy atom. The molecule has 0 saturated carbocycles. The molecule has 3 aromatic rings. The Morgan fingerprint density at radius 3 is 2.58 bits per heavy atom. The Bertz CT molecular complexity index is 920. The average molecular weight is 338 g/mol. The quantitative estimate of drug-likeness (QED) is 0.661. The van der Waals surface area contributed by atoms with E-state index in [1.165, 1.54) is 10.3 Å². The molecular formula is C20H22N2OS. The van der Waals surface area contributed by atoms with Crippen LogP contribution >= 0.6 is 11.3 Å². The fourth-order valence-electron chi connectivity index (χ4n) is 2.71. The highest BCUT2D eigenvalue weighted by Crippen LogP contribution is 2.23. The number of amides is 1. The molecule has 0 bridgehead atoms. The molecule has 0 aliphatic carbocycles. The molecule has 0 N–H and O–H groups in total. The Kier molecular flexibility index (Phi) is 4.95. The van der Waals surface area contributed by atoms with Gasteiger partial charge in [0.2, 0.25) is 0 Å². The van der Waals surface area contributed by atoms with Gasteiger partial charge in [0, 0.05) is 12.1 Å². The highest BCUT2D eigenvalue weighted by Gasteiger charge is 2.10. The lowest BCUT2D eigenvalue weighted by Crippen LogP contribution is -2.16. The lowest BCUT2D eigenvalue weighted by molar-refractivity contribution is 0.0998. The van der Waals surface area contributed by atoms with E-state index in [0.717, 1.165) is 23.3 Å². The van der Waals surface area contributed by atoms with Crippen LogP contribution in [0, 0.1) is 0 Å². The van der Waals surface area contributed by atoms with Crippen molar-refractivity contribution in [1.82, 2.24) is 4.57 Å². The first-order chi connectivity index (χ1) is 11.6. The van der Waals surface area contributed by atoms with Crippen LogP contribution in [-0.2, 0) is 6.54 Å². The lowest BCUT2D eigenvalue weighted by Gasteiger charge is -2.06. The summed E-state index contributed by atoms with van der Waals surface area (Å²) in [5, 5.41) is 0. The summed E-state index contributed by atoms with van der Waals surface area (Å²) in [5.41, 5.74) is 3.10. The van der Waals surface area contributed by atoms with Crippen molar-refractivity contribution in [3.05, 3.63) is 64.5 Å². The number of hydrogen-bond acceptors (Lipinski definition) is 2. The van der Waals surface area contributed by atoms with Gasteiger partial charge in [0.1, 0.15) is 0 Å². The molecule has 0 spiro atoms. The summed E-state index contributed by atoms with van der Waals surface area (Å²) >= 11 is 1.59. The molecule has 3 rings (SSSR count). The van der Waals surface area contributed by atoms with E-state index in [2.05, 4.69) is 48.5 Å². The van der Waals surface area contributed by atoms with Gasteiger partial charge in [-0.15, -0.1) is 0 Å². The lowest BCUT2D eigenvalue weighted by atomic mass is 10.0. The number of aromatic nitrogens is 1. The minimum atomic E-state index is -0.184. The molecule has 0 atom stereocenters. The van der Waals surface area contributed by atoms with E-state index in [-0.39, 0.29) is 5.91 Å². The van der Waals surface area contributed by atoms with E-state index in [0.29, 0.717) is 11.5 Å². The maximum atomic E-state index is 12.4. The Labute approximate surface area is 146 Å². The van der Waals surface area contributed by atoms with Crippen molar-refractivity contribution in [2.75, 3.05) is 0 Å². The molecule has 1 aromatic heterocycles. The number of hydrogen-bond donors (Lipinski definition) is 0. The summed E-state index contributed by atoms with van der Waals surface area (Å²) in [7, 11) is 0. The predicted molar refractivity (Wildman–Crippen MR) is 101 cm³/mol. The largest absolute Gasteiger partial charge is 0.316 e. The molecule has 0 fully saturated rings. The minimum Gasteiger partial charge on any atom is -0.316 e. The summed E-state index contributed by atoms with van der Waals surface area (Å²) in [5.74, 6) is 0.304. The summed E-state index contributed by atoms with van der Waals surface area (Å²) < 4.78 is 3.35. The Balaban J connectivity index is 2.14. The Morgan fingerprint density at radius 1 is 1.17 bits per heavy atom. The van der Waals surface area contributed by atoms with Gasteiger partial charge in [-0.25, -0.2) is 0 Å². The second kappa shape index (κ2) is 7.14. The highest BCUT2D eigenvalue weighted by molar-refractivity contribution is 7.16.